The Morgan fingerprint density at radius 3 is 2.65 bits per heavy atom. The first kappa shape index (κ1) is 14.5. The average Bonchev–Trinajstić information content (AvgIpc) is 2.32. The van der Waals surface area contributed by atoms with Crippen molar-refractivity contribution in [1.29, 1.82) is 0 Å². The number of rotatable bonds is 6. The predicted octanol–water partition coefficient (Wildman–Crippen LogP) is 2.54. The molecule has 3 heteroatoms. The van der Waals surface area contributed by atoms with Crippen molar-refractivity contribution in [2.75, 3.05) is 13.1 Å². The van der Waals surface area contributed by atoms with E-state index in [1.54, 1.807) is 0 Å². The normalized spacial score (nSPS) is 25.0. The molecule has 100 valence electrons. The van der Waals surface area contributed by atoms with Crippen LogP contribution >= 0.6 is 0 Å². The van der Waals surface area contributed by atoms with Crippen molar-refractivity contribution in [1.82, 2.24) is 4.90 Å². The molecule has 0 aromatic heterocycles. The highest BCUT2D eigenvalue weighted by atomic mass is 16.2. The van der Waals surface area contributed by atoms with Crippen LogP contribution in [0.2, 0.25) is 0 Å². The topological polar surface area (TPSA) is 46.3 Å². The lowest BCUT2D eigenvalue weighted by Crippen LogP contribution is -2.48. The van der Waals surface area contributed by atoms with Gasteiger partial charge < -0.3 is 10.6 Å². The number of likely N-dealkylation sites (tertiary alicyclic amines) is 1. The third-order valence-electron chi connectivity index (χ3n) is 3.82. The summed E-state index contributed by atoms with van der Waals surface area (Å²) in [7, 11) is 0. The molecule has 3 nitrogen and oxygen atoms in total. The molecule has 0 bridgehead atoms. The van der Waals surface area contributed by atoms with Gasteiger partial charge in [-0.05, 0) is 18.8 Å². The molecule has 1 aliphatic rings. The Kier molecular flexibility index (Phi) is 6.56. The van der Waals surface area contributed by atoms with Crippen LogP contribution in [0.25, 0.3) is 0 Å². The van der Waals surface area contributed by atoms with E-state index in [9.17, 15) is 4.79 Å². The van der Waals surface area contributed by atoms with Gasteiger partial charge in [0.15, 0.2) is 0 Å². The van der Waals surface area contributed by atoms with E-state index in [1.165, 1.54) is 25.7 Å². The van der Waals surface area contributed by atoms with Gasteiger partial charge in [0.25, 0.3) is 0 Å². The smallest absolute Gasteiger partial charge is 0.222 e. The fraction of sp³-hybridized carbons (Fsp3) is 0.929. The minimum absolute atomic E-state index is 0.281. The summed E-state index contributed by atoms with van der Waals surface area (Å²) in [6.07, 6.45) is 7.76. The number of hydrogen-bond donors (Lipinski definition) is 1. The van der Waals surface area contributed by atoms with Gasteiger partial charge in [-0.1, -0.05) is 39.5 Å². The third-order valence-corrected chi connectivity index (χ3v) is 3.82. The molecule has 2 N–H and O–H groups in total. The lowest BCUT2D eigenvalue weighted by atomic mass is 9.94. The van der Waals surface area contributed by atoms with Crippen LogP contribution in [0.1, 0.15) is 58.8 Å². The highest BCUT2D eigenvalue weighted by Crippen LogP contribution is 2.16. The van der Waals surface area contributed by atoms with Gasteiger partial charge in [0.1, 0.15) is 0 Å². The van der Waals surface area contributed by atoms with Gasteiger partial charge in [0.05, 0.1) is 0 Å². The zero-order valence-corrected chi connectivity index (χ0v) is 11.5. The van der Waals surface area contributed by atoms with E-state index >= 15 is 0 Å². The van der Waals surface area contributed by atoms with Gasteiger partial charge in [-0.3, -0.25) is 4.79 Å². The van der Waals surface area contributed by atoms with Gasteiger partial charge in [0.2, 0.25) is 5.91 Å². The molecule has 0 aromatic rings. The van der Waals surface area contributed by atoms with E-state index in [2.05, 4.69) is 13.8 Å². The molecule has 1 aliphatic heterocycles. The highest BCUT2D eigenvalue weighted by molar-refractivity contribution is 5.76. The molecule has 0 spiro atoms. The maximum atomic E-state index is 12.0. The molecule has 1 saturated heterocycles. The predicted molar refractivity (Wildman–Crippen MR) is 71.7 cm³/mol. The van der Waals surface area contributed by atoms with Crippen molar-refractivity contribution in [2.24, 2.45) is 11.7 Å². The van der Waals surface area contributed by atoms with Crippen molar-refractivity contribution >= 4 is 5.91 Å². The van der Waals surface area contributed by atoms with Gasteiger partial charge in [-0.2, -0.15) is 0 Å². The van der Waals surface area contributed by atoms with Crippen LogP contribution in [-0.2, 0) is 4.79 Å². The molecule has 0 saturated carbocycles. The van der Waals surface area contributed by atoms with Gasteiger partial charge in [-0.15, -0.1) is 0 Å². The molecule has 0 aromatic carbocycles. The number of nitrogens with two attached hydrogens (primary N) is 1. The largest absolute Gasteiger partial charge is 0.342 e. The second kappa shape index (κ2) is 7.70. The van der Waals surface area contributed by atoms with Gasteiger partial charge in [0, 0.05) is 25.6 Å². The van der Waals surface area contributed by atoms with Crippen molar-refractivity contribution in [3.05, 3.63) is 0 Å². The number of piperidine rings is 1. The molecule has 1 fully saturated rings. The van der Waals surface area contributed by atoms with Gasteiger partial charge >= 0.3 is 0 Å². The lowest BCUT2D eigenvalue weighted by Gasteiger charge is -2.35. The van der Waals surface area contributed by atoms with Crippen LogP contribution in [0.5, 0.6) is 0 Å². The molecule has 2 unspecified atom stereocenters. The Labute approximate surface area is 106 Å². The molecular formula is C14H28N2O. The summed E-state index contributed by atoms with van der Waals surface area (Å²) >= 11 is 0. The number of carbonyl (C=O) groups is 1. The summed E-state index contributed by atoms with van der Waals surface area (Å²) < 4.78 is 0. The SMILES string of the molecule is CCCCCCCC(=O)N1CCC(N)C(C)C1. The first-order valence-corrected chi connectivity index (χ1v) is 7.18. The highest BCUT2D eigenvalue weighted by Gasteiger charge is 2.25. The zero-order chi connectivity index (χ0) is 12.7. The van der Waals surface area contributed by atoms with Crippen LogP contribution in [-0.4, -0.2) is 29.9 Å². The third kappa shape index (κ3) is 5.07. The van der Waals surface area contributed by atoms with Crippen molar-refractivity contribution in [2.45, 2.75) is 64.8 Å². The quantitative estimate of drug-likeness (QED) is 0.725. The van der Waals surface area contributed by atoms with E-state index in [0.717, 1.165) is 32.4 Å². The Morgan fingerprint density at radius 1 is 1.29 bits per heavy atom. The molecule has 0 aliphatic carbocycles. The average molecular weight is 240 g/mol. The van der Waals surface area contributed by atoms with Crippen LogP contribution < -0.4 is 5.73 Å². The Hall–Kier alpha value is -0.570. The molecule has 2 atom stereocenters. The van der Waals surface area contributed by atoms with E-state index in [-0.39, 0.29) is 6.04 Å². The van der Waals surface area contributed by atoms with Crippen LogP contribution in [0.4, 0.5) is 0 Å². The van der Waals surface area contributed by atoms with Crippen molar-refractivity contribution in [3.8, 4) is 0 Å². The summed E-state index contributed by atoms with van der Waals surface area (Å²) in [5.74, 6) is 0.785. The summed E-state index contributed by atoms with van der Waals surface area (Å²) in [4.78, 5) is 14.0. The fourth-order valence-corrected chi connectivity index (χ4v) is 2.43. The van der Waals surface area contributed by atoms with E-state index in [4.69, 9.17) is 5.73 Å². The molecule has 0 radical (unpaired) electrons. The molecule has 1 heterocycles. The lowest BCUT2D eigenvalue weighted by molar-refractivity contribution is -0.133. The summed E-state index contributed by atoms with van der Waals surface area (Å²) in [5, 5.41) is 0. The van der Waals surface area contributed by atoms with E-state index in [1.807, 2.05) is 4.90 Å². The second-order valence-corrected chi connectivity index (χ2v) is 5.43. The standard InChI is InChI=1S/C14H28N2O/c1-3-4-5-6-7-8-14(17)16-10-9-13(15)12(2)11-16/h12-13H,3-11,15H2,1-2H3. The van der Waals surface area contributed by atoms with E-state index < -0.39 is 0 Å². The van der Waals surface area contributed by atoms with Crippen molar-refractivity contribution < 1.29 is 4.79 Å². The first-order chi connectivity index (χ1) is 8.15. The molecule has 1 rings (SSSR count). The summed E-state index contributed by atoms with van der Waals surface area (Å²) in [5.41, 5.74) is 5.96. The fourth-order valence-electron chi connectivity index (χ4n) is 2.43. The Bertz CT molecular complexity index is 230. The van der Waals surface area contributed by atoms with Crippen molar-refractivity contribution in [3.63, 3.8) is 0 Å². The van der Waals surface area contributed by atoms with Crippen LogP contribution in [0.15, 0.2) is 0 Å². The molecule has 1 amide bonds. The van der Waals surface area contributed by atoms with E-state index in [0.29, 0.717) is 11.8 Å². The zero-order valence-electron chi connectivity index (χ0n) is 11.5. The Morgan fingerprint density at radius 2 is 2.00 bits per heavy atom. The number of hydrogen-bond acceptors (Lipinski definition) is 2. The first-order valence-electron chi connectivity index (χ1n) is 7.18. The number of nitrogens with zero attached hydrogens (tertiary/aromatic N) is 1. The summed E-state index contributed by atoms with van der Waals surface area (Å²) in [6.45, 7) is 6.07. The molecular weight excluding hydrogens is 212 g/mol. The minimum atomic E-state index is 0.281. The maximum absolute atomic E-state index is 12.0. The number of carbonyl (C=O) groups excluding carboxylic acids is 1. The van der Waals surface area contributed by atoms with Crippen LogP contribution in [0, 0.1) is 5.92 Å². The van der Waals surface area contributed by atoms with Gasteiger partial charge in [-0.25, -0.2) is 0 Å². The van der Waals surface area contributed by atoms with Crippen LogP contribution in [0.3, 0.4) is 0 Å². The Balaban J connectivity index is 2.15. The summed E-state index contributed by atoms with van der Waals surface area (Å²) in [6, 6.07) is 0.281. The second-order valence-electron chi connectivity index (χ2n) is 5.43. The minimum Gasteiger partial charge on any atom is -0.342 e. The monoisotopic (exact) mass is 240 g/mol. The molecule has 17 heavy (non-hydrogen) atoms. The maximum Gasteiger partial charge on any atom is 0.222 e. The number of unbranched alkanes of at least 4 members (excludes halogenated alkanes) is 4. The number of amides is 1.